The third-order valence-electron chi connectivity index (χ3n) is 6.05. The van der Waals surface area contributed by atoms with Crippen LogP contribution in [0.2, 0.25) is 0 Å². The van der Waals surface area contributed by atoms with E-state index in [1.165, 1.54) is 12.8 Å². The summed E-state index contributed by atoms with van der Waals surface area (Å²) in [6.07, 6.45) is 8.28. The first-order valence-corrected chi connectivity index (χ1v) is 7.00. The van der Waals surface area contributed by atoms with Crippen LogP contribution >= 0.6 is 0 Å². The first-order chi connectivity index (χ1) is 7.38. The van der Waals surface area contributed by atoms with E-state index in [-0.39, 0.29) is 0 Å². The SMILES string of the molecule is CCOC1CC2CC1C1C3CCC(C3)C21. The fourth-order valence-corrected chi connectivity index (χ4v) is 5.91. The summed E-state index contributed by atoms with van der Waals surface area (Å²) in [4.78, 5) is 0. The normalized spacial score (nSPS) is 60.2. The van der Waals surface area contributed by atoms with Crippen molar-refractivity contribution in [2.75, 3.05) is 6.61 Å². The minimum Gasteiger partial charge on any atom is -0.378 e. The van der Waals surface area contributed by atoms with E-state index < -0.39 is 0 Å². The van der Waals surface area contributed by atoms with E-state index in [0.717, 1.165) is 42.1 Å². The van der Waals surface area contributed by atoms with Crippen molar-refractivity contribution in [1.82, 2.24) is 0 Å². The first kappa shape index (κ1) is 9.04. The Bertz CT molecular complexity index is 273. The summed E-state index contributed by atoms with van der Waals surface area (Å²) < 4.78 is 5.95. The summed E-state index contributed by atoms with van der Waals surface area (Å²) in [5.41, 5.74) is 0. The molecule has 84 valence electrons. The summed E-state index contributed by atoms with van der Waals surface area (Å²) >= 11 is 0. The van der Waals surface area contributed by atoms with E-state index >= 15 is 0 Å². The molecule has 4 rings (SSSR count). The molecule has 7 atom stereocenters. The Morgan fingerprint density at radius 2 is 1.73 bits per heavy atom. The molecule has 4 aliphatic rings. The average molecular weight is 206 g/mol. The lowest BCUT2D eigenvalue weighted by Gasteiger charge is -2.38. The highest BCUT2D eigenvalue weighted by Crippen LogP contribution is 2.67. The van der Waals surface area contributed by atoms with Gasteiger partial charge in [-0.15, -0.1) is 0 Å². The quantitative estimate of drug-likeness (QED) is 0.631. The van der Waals surface area contributed by atoms with Crippen LogP contribution in [0.25, 0.3) is 0 Å². The second-order valence-electron chi connectivity index (χ2n) is 6.38. The maximum Gasteiger partial charge on any atom is 0.0608 e. The first-order valence-electron chi connectivity index (χ1n) is 7.00. The zero-order chi connectivity index (χ0) is 9.99. The van der Waals surface area contributed by atoms with E-state index in [2.05, 4.69) is 6.92 Å². The smallest absolute Gasteiger partial charge is 0.0608 e. The molecule has 7 unspecified atom stereocenters. The number of hydrogen-bond donors (Lipinski definition) is 0. The van der Waals surface area contributed by atoms with Crippen LogP contribution in [0.15, 0.2) is 0 Å². The van der Waals surface area contributed by atoms with Crippen molar-refractivity contribution in [1.29, 1.82) is 0 Å². The van der Waals surface area contributed by atoms with Crippen molar-refractivity contribution in [2.45, 2.75) is 45.1 Å². The Balaban J connectivity index is 1.60. The molecule has 0 heterocycles. The fraction of sp³-hybridized carbons (Fsp3) is 1.00. The molecule has 0 saturated heterocycles. The van der Waals surface area contributed by atoms with Crippen molar-refractivity contribution in [3.63, 3.8) is 0 Å². The molecule has 4 fully saturated rings. The van der Waals surface area contributed by atoms with Crippen molar-refractivity contribution in [3.8, 4) is 0 Å². The van der Waals surface area contributed by atoms with Crippen LogP contribution < -0.4 is 0 Å². The highest BCUT2D eigenvalue weighted by atomic mass is 16.5. The lowest BCUT2D eigenvalue weighted by atomic mass is 9.70. The van der Waals surface area contributed by atoms with Gasteiger partial charge >= 0.3 is 0 Å². The molecule has 4 bridgehead atoms. The van der Waals surface area contributed by atoms with E-state index in [4.69, 9.17) is 4.74 Å². The van der Waals surface area contributed by atoms with Gasteiger partial charge in [-0.25, -0.2) is 0 Å². The number of ether oxygens (including phenoxy) is 1. The Labute approximate surface area is 92.6 Å². The molecule has 0 radical (unpaired) electrons. The van der Waals surface area contributed by atoms with Crippen molar-refractivity contribution in [3.05, 3.63) is 0 Å². The van der Waals surface area contributed by atoms with Gasteiger partial charge in [0.05, 0.1) is 6.10 Å². The van der Waals surface area contributed by atoms with Gasteiger partial charge in [0.15, 0.2) is 0 Å². The minimum atomic E-state index is 0.653. The Morgan fingerprint density at radius 3 is 2.53 bits per heavy atom. The van der Waals surface area contributed by atoms with Gasteiger partial charge in [-0.1, -0.05) is 0 Å². The molecule has 1 heteroatoms. The summed E-state index contributed by atoms with van der Waals surface area (Å²) in [5, 5.41) is 0. The standard InChI is InChI=1S/C14H22O/c1-2-15-12-7-10-6-11(12)14-9-4-3-8(5-9)13(10)14/h8-14H,2-7H2,1H3. The largest absolute Gasteiger partial charge is 0.378 e. The summed E-state index contributed by atoms with van der Waals surface area (Å²) in [5.74, 6) is 6.52. The molecular formula is C14H22O. The van der Waals surface area contributed by atoms with Gasteiger partial charge in [-0.05, 0) is 74.5 Å². The predicted molar refractivity (Wildman–Crippen MR) is 59.4 cm³/mol. The molecule has 0 N–H and O–H groups in total. The molecular weight excluding hydrogens is 184 g/mol. The maximum absolute atomic E-state index is 5.95. The Kier molecular flexibility index (Phi) is 1.81. The van der Waals surface area contributed by atoms with E-state index in [1.54, 1.807) is 19.3 Å². The molecule has 15 heavy (non-hydrogen) atoms. The van der Waals surface area contributed by atoms with Gasteiger partial charge in [0, 0.05) is 6.61 Å². The minimum absolute atomic E-state index is 0.653. The van der Waals surface area contributed by atoms with Crippen LogP contribution in [0.4, 0.5) is 0 Å². The van der Waals surface area contributed by atoms with Crippen LogP contribution in [-0.4, -0.2) is 12.7 Å². The Morgan fingerprint density at radius 1 is 0.933 bits per heavy atom. The molecule has 0 aromatic rings. The fourth-order valence-electron chi connectivity index (χ4n) is 5.91. The Hall–Kier alpha value is -0.0400. The molecule has 0 spiro atoms. The molecule has 4 saturated carbocycles. The van der Waals surface area contributed by atoms with Crippen LogP contribution in [0.3, 0.4) is 0 Å². The van der Waals surface area contributed by atoms with E-state index in [0.29, 0.717) is 6.10 Å². The monoisotopic (exact) mass is 206 g/mol. The van der Waals surface area contributed by atoms with Gasteiger partial charge < -0.3 is 4.74 Å². The summed E-state index contributed by atoms with van der Waals surface area (Å²) in [7, 11) is 0. The van der Waals surface area contributed by atoms with Crippen molar-refractivity contribution in [2.24, 2.45) is 35.5 Å². The second kappa shape index (κ2) is 3.00. The van der Waals surface area contributed by atoms with Crippen LogP contribution in [0.1, 0.15) is 39.0 Å². The molecule has 0 amide bonds. The molecule has 0 aromatic heterocycles. The third-order valence-corrected chi connectivity index (χ3v) is 6.05. The molecule has 0 aromatic carbocycles. The average Bonchev–Trinajstić information content (AvgIpc) is 2.95. The van der Waals surface area contributed by atoms with Gasteiger partial charge in [0.25, 0.3) is 0 Å². The summed E-state index contributed by atoms with van der Waals surface area (Å²) in [6.45, 7) is 3.09. The van der Waals surface area contributed by atoms with Gasteiger partial charge in [0.2, 0.25) is 0 Å². The second-order valence-corrected chi connectivity index (χ2v) is 6.38. The maximum atomic E-state index is 5.95. The number of rotatable bonds is 2. The number of hydrogen-bond acceptors (Lipinski definition) is 1. The number of fused-ring (bicyclic) bond motifs is 9. The van der Waals surface area contributed by atoms with Crippen LogP contribution in [-0.2, 0) is 4.74 Å². The van der Waals surface area contributed by atoms with Crippen LogP contribution in [0, 0.1) is 35.5 Å². The van der Waals surface area contributed by atoms with E-state index in [1.807, 2.05) is 0 Å². The van der Waals surface area contributed by atoms with Gasteiger partial charge in [-0.2, -0.15) is 0 Å². The summed E-state index contributed by atoms with van der Waals surface area (Å²) in [6, 6.07) is 0. The third kappa shape index (κ3) is 1.03. The predicted octanol–water partition coefficient (Wildman–Crippen LogP) is 3.09. The highest BCUT2D eigenvalue weighted by Gasteiger charge is 2.62. The zero-order valence-electron chi connectivity index (χ0n) is 9.69. The van der Waals surface area contributed by atoms with Crippen molar-refractivity contribution >= 4 is 0 Å². The molecule has 1 nitrogen and oxygen atoms in total. The topological polar surface area (TPSA) is 9.23 Å². The lowest BCUT2D eigenvalue weighted by molar-refractivity contribution is -0.0230. The van der Waals surface area contributed by atoms with Gasteiger partial charge in [-0.3, -0.25) is 0 Å². The van der Waals surface area contributed by atoms with E-state index in [9.17, 15) is 0 Å². The highest BCUT2D eigenvalue weighted by molar-refractivity contribution is 5.11. The molecule has 0 aliphatic heterocycles. The van der Waals surface area contributed by atoms with Gasteiger partial charge in [0.1, 0.15) is 0 Å². The van der Waals surface area contributed by atoms with Crippen LogP contribution in [0.5, 0.6) is 0 Å². The molecule has 4 aliphatic carbocycles. The lowest BCUT2D eigenvalue weighted by Crippen LogP contribution is -2.36. The zero-order valence-corrected chi connectivity index (χ0v) is 9.69. The van der Waals surface area contributed by atoms with Crippen molar-refractivity contribution < 1.29 is 4.74 Å².